The molecule has 31 heavy (non-hydrogen) atoms. The molecule has 3 saturated carbocycles. The van der Waals surface area contributed by atoms with E-state index in [9.17, 15) is 9.90 Å². The van der Waals surface area contributed by atoms with Crippen molar-refractivity contribution in [2.75, 3.05) is 19.0 Å². The first-order valence-corrected chi connectivity index (χ1v) is 12.1. The fourth-order valence-electron chi connectivity index (χ4n) is 7.51. The van der Waals surface area contributed by atoms with E-state index >= 15 is 0 Å². The Balaban J connectivity index is 1.44. The second kappa shape index (κ2) is 7.33. The lowest BCUT2D eigenvalue weighted by molar-refractivity contribution is -0.130. The van der Waals surface area contributed by atoms with Crippen LogP contribution >= 0.6 is 0 Å². The lowest BCUT2D eigenvalue weighted by atomic mass is 9.48. The molecule has 0 bridgehead atoms. The number of ketones is 1. The van der Waals surface area contributed by atoms with E-state index in [1.54, 1.807) is 0 Å². The van der Waals surface area contributed by atoms with Gasteiger partial charge in [0.05, 0.1) is 6.10 Å². The summed E-state index contributed by atoms with van der Waals surface area (Å²) in [7, 11) is 4.10. The molecule has 0 heterocycles. The van der Waals surface area contributed by atoms with Crippen LogP contribution in [0, 0.1) is 28.6 Å². The lowest BCUT2D eigenvalue weighted by Crippen LogP contribution is -2.50. The zero-order valence-electron chi connectivity index (χ0n) is 19.5. The van der Waals surface area contributed by atoms with Crippen LogP contribution in [0.15, 0.2) is 41.5 Å². The Morgan fingerprint density at radius 2 is 1.71 bits per heavy atom. The molecule has 4 aliphatic rings. The van der Waals surface area contributed by atoms with Crippen LogP contribution in [0.2, 0.25) is 0 Å². The molecule has 1 aromatic rings. The summed E-state index contributed by atoms with van der Waals surface area (Å²) in [5.41, 5.74) is 4.86. The van der Waals surface area contributed by atoms with E-state index in [-0.39, 0.29) is 16.9 Å². The van der Waals surface area contributed by atoms with Crippen molar-refractivity contribution in [1.29, 1.82) is 0 Å². The van der Waals surface area contributed by atoms with Crippen molar-refractivity contribution in [2.45, 2.75) is 64.9 Å². The van der Waals surface area contributed by atoms with Crippen molar-refractivity contribution >= 4 is 17.5 Å². The number of carbonyl (C=O) groups is 1. The van der Waals surface area contributed by atoms with Gasteiger partial charge >= 0.3 is 0 Å². The molecular weight excluding hydrogens is 382 g/mol. The summed E-state index contributed by atoms with van der Waals surface area (Å²) in [6.45, 7) is 4.70. The topological polar surface area (TPSA) is 40.5 Å². The number of allylic oxidation sites excluding steroid dienone is 2. The van der Waals surface area contributed by atoms with Crippen molar-refractivity contribution in [3.63, 3.8) is 0 Å². The minimum atomic E-state index is -0.202. The van der Waals surface area contributed by atoms with E-state index in [0.717, 1.165) is 56.1 Å². The summed E-state index contributed by atoms with van der Waals surface area (Å²) in [5.74, 6) is 2.09. The SMILES string of the molecule is CN(C)c1ccc(/C=C2/CC3C4CC=C5CC(O)CCC5(C)C4CCC3(C)C2=O)cc1. The molecule has 4 aliphatic carbocycles. The Morgan fingerprint density at radius 3 is 2.42 bits per heavy atom. The Labute approximate surface area is 187 Å². The van der Waals surface area contributed by atoms with Crippen LogP contribution in [-0.2, 0) is 4.79 Å². The molecule has 5 rings (SSSR count). The standard InChI is InChI=1S/C28H37NO2/c1-27-13-11-22(30)17-20(27)7-10-23-24(27)12-14-28(2)25(23)16-19(26(28)31)15-18-5-8-21(9-6-18)29(3)4/h5-9,15,22-25,30H,10-14,16-17H2,1-4H3/b19-15-. The molecule has 0 spiro atoms. The number of carbonyl (C=O) groups excluding carboxylic acids is 1. The Kier molecular flexibility index (Phi) is 4.97. The van der Waals surface area contributed by atoms with Gasteiger partial charge < -0.3 is 10.0 Å². The van der Waals surface area contributed by atoms with E-state index in [4.69, 9.17) is 0 Å². The molecule has 166 valence electrons. The predicted molar refractivity (Wildman–Crippen MR) is 127 cm³/mol. The fourth-order valence-corrected chi connectivity index (χ4v) is 7.51. The molecule has 0 aromatic heterocycles. The van der Waals surface area contributed by atoms with Crippen LogP contribution in [0.25, 0.3) is 6.08 Å². The molecule has 3 heteroatoms. The average Bonchev–Trinajstić information content (AvgIpc) is 2.99. The zero-order valence-corrected chi connectivity index (χ0v) is 19.5. The van der Waals surface area contributed by atoms with Crippen molar-refractivity contribution in [3.05, 3.63) is 47.1 Å². The lowest BCUT2D eigenvalue weighted by Gasteiger charge is -2.56. The van der Waals surface area contributed by atoms with E-state index in [0.29, 0.717) is 23.5 Å². The quantitative estimate of drug-likeness (QED) is 0.498. The van der Waals surface area contributed by atoms with E-state index in [1.165, 1.54) is 11.3 Å². The van der Waals surface area contributed by atoms with Crippen LogP contribution in [0.4, 0.5) is 5.69 Å². The maximum Gasteiger partial charge on any atom is 0.165 e. The minimum Gasteiger partial charge on any atom is -0.393 e. The van der Waals surface area contributed by atoms with Crippen LogP contribution < -0.4 is 4.90 Å². The smallest absolute Gasteiger partial charge is 0.165 e. The number of aliphatic hydroxyl groups excluding tert-OH is 1. The number of anilines is 1. The summed E-state index contributed by atoms with van der Waals surface area (Å²) in [6.07, 6.45) is 11.5. The van der Waals surface area contributed by atoms with Crippen LogP contribution in [0.3, 0.4) is 0 Å². The molecule has 0 saturated heterocycles. The summed E-state index contributed by atoms with van der Waals surface area (Å²) in [4.78, 5) is 15.7. The number of aliphatic hydroxyl groups is 1. The summed E-state index contributed by atoms with van der Waals surface area (Å²) >= 11 is 0. The van der Waals surface area contributed by atoms with Gasteiger partial charge in [-0.1, -0.05) is 37.6 Å². The molecule has 1 aromatic carbocycles. The van der Waals surface area contributed by atoms with Crippen LogP contribution in [-0.4, -0.2) is 31.1 Å². The number of hydrogen-bond acceptors (Lipinski definition) is 3. The van der Waals surface area contributed by atoms with E-state index in [2.05, 4.69) is 55.2 Å². The van der Waals surface area contributed by atoms with E-state index < -0.39 is 0 Å². The highest BCUT2D eigenvalue weighted by Gasteiger charge is 2.59. The van der Waals surface area contributed by atoms with Gasteiger partial charge in [0.1, 0.15) is 0 Å². The highest BCUT2D eigenvalue weighted by molar-refractivity contribution is 6.06. The first-order chi connectivity index (χ1) is 14.7. The van der Waals surface area contributed by atoms with Crippen LogP contribution in [0.5, 0.6) is 0 Å². The van der Waals surface area contributed by atoms with Gasteiger partial charge in [-0.15, -0.1) is 0 Å². The second-order valence-electron chi connectivity index (χ2n) is 11.3. The Hall–Kier alpha value is -1.87. The van der Waals surface area contributed by atoms with Gasteiger partial charge in [0.15, 0.2) is 5.78 Å². The Bertz CT molecular complexity index is 942. The summed E-state index contributed by atoms with van der Waals surface area (Å²) in [5, 5.41) is 10.2. The molecule has 0 amide bonds. The predicted octanol–water partition coefficient (Wildman–Crippen LogP) is 5.64. The molecule has 3 nitrogen and oxygen atoms in total. The van der Waals surface area contributed by atoms with Gasteiger partial charge in [-0.05, 0) is 97.5 Å². The maximum absolute atomic E-state index is 13.6. The molecule has 6 atom stereocenters. The van der Waals surface area contributed by atoms with Gasteiger partial charge in [0.2, 0.25) is 0 Å². The minimum absolute atomic E-state index is 0.161. The van der Waals surface area contributed by atoms with Crippen LogP contribution in [0.1, 0.15) is 64.4 Å². The van der Waals surface area contributed by atoms with Gasteiger partial charge in [0, 0.05) is 25.2 Å². The van der Waals surface area contributed by atoms with Crippen molar-refractivity contribution in [2.24, 2.45) is 28.6 Å². The van der Waals surface area contributed by atoms with Gasteiger partial charge in [0.25, 0.3) is 0 Å². The third-order valence-corrected chi connectivity index (χ3v) is 9.47. The number of benzene rings is 1. The normalized spacial score (nSPS) is 40.7. The van der Waals surface area contributed by atoms with Gasteiger partial charge in [-0.25, -0.2) is 0 Å². The zero-order chi connectivity index (χ0) is 22.0. The van der Waals surface area contributed by atoms with Crippen molar-refractivity contribution in [3.8, 4) is 0 Å². The highest BCUT2D eigenvalue weighted by atomic mass is 16.3. The van der Waals surface area contributed by atoms with Crippen molar-refractivity contribution in [1.82, 2.24) is 0 Å². The van der Waals surface area contributed by atoms with Gasteiger partial charge in [-0.3, -0.25) is 4.79 Å². The second-order valence-corrected chi connectivity index (χ2v) is 11.3. The number of nitrogens with zero attached hydrogens (tertiary/aromatic N) is 1. The summed E-state index contributed by atoms with van der Waals surface area (Å²) in [6, 6.07) is 8.52. The third-order valence-electron chi connectivity index (χ3n) is 9.47. The molecular formula is C28H37NO2. The number of hydrogen-bond donors (Lipinski definition) is 1. The number of rotatable bonds is 2. The first-order valence-electron chi connectivity index (χ1n) is 12.1. The van der Waals surface area contributed by atoms with E-state index in [1.807, 2.05) is 14.1 Å². The molecule has 1 N–H and O–H groups in total. The molecule has 3 fully saturated rings. The maximum atomic E-state index is 13.6. The average molecular weight is 420 g/mol. The molecule has 0 aliphatic heterocycles. The first kappa shape index (κ1) is 21.0. The number of fused-ring (bicyclic) bond motifs is 5. The molecule has 0 radical (unpaired) electrons. The monoisotopic (exact) mass is 419 g/mol. The molecule has 6 unspecified atom stereocenters. The fraction of sp³-hybridized carbons (Fsp3) is 0.607. The largest absolute Gasteiger partial charge is 0.393 e. The third kappa shape index (κ3) is 3.23. The van der Waals surface area contributed by atoms with Gasteiger partial charge in [-0.2, -0.15) is 0 Å². The van der Waals surface area contributed by atoms with Crippen molar-refractivity contribution < 1.29 is 9.90 Å². The highest BCUT2D eigenvalue weighted by Crippen LogP contribution is 2.64. The number of Topliss-reactive ketones (excluding diaryl/α,β-unsaturated/α-hetero) is 1. The Morgan fingerprint density at radius 1 is 1.00 bits per heavy atom. The summed E-state index contributed by atoms with van der Waals surface area (Å²) < 4.78 is 0.